The van der Waals surface area contributed by atoms with Crippen LogP contribution in [-0.4, -0.2) is 34.7 Å². The average molecular weight is 293 g/mol. The molecule has 0 saturated carbocycles. The summed E-state index contributed by atoms with van der Waals surface area (Å²) in [7, 11) is 0. The van der Waals surface area contributed by atoms with Crippen LogP contribution in [0.5, 0.6) is 6.01 Å². The third kappa shape index (κ3) is 2.37. The first-order valence-electron chi connectivity index (χ1n) is 6.64. The zero-order chi connectivity index (χ0) is 14.8. The van der Waals surface area contributed by atoms with Crippen LogP contribution in [0.25, 0.3) is 11.0 Å². The van der Waals surface area contributed by atoms with Gasteiger partial charge in [0.05, 0.1) is 6.33 Å². The van der Waals surface area contributed by atoms with E-state index in [2.05, 4.69) is 25.3 Å². The molecular weight excluding hydrogens is 282 g/mol. The van der Waals surface area contributed by atoms with Crippen molar-refractivity contribution >= 4 is 11.0 Å². The molecule has 0 N–H and O–H groups in total. The van der Waals surface area contributed by atoms with Crippen molar-refractivity contribution in [3.8, 4) is 6.01 Å². The van der Waals surface area contributed by atoms with Crippen molar-refractivity contribution in [1.82, 2.24) is 34.7 Å². The van der Waals surface area contributed by atoms with Crippen LogP contribution in [0.15, 0.2) is 55.4 Å². The Balaban J connectivity index is 1.67. The highest BCUT2D eigenvalue weighted by molar-refractivity contribution is 5.74. The summed E-state index contributed by atoms with van der Waals surface area (Å²) in [5.41, 5.74) is 2.59. The normalized spacial score (nSPS) is 10.9. The molecule has 4 rings (SSSR count). The van der Waals surface area contributed by atoms with E-state index in [4.69, 9.17) is 4.84 Å². The molecule has 8 nitrogen and oxygen atoms in total. The van der Waals surface area contributed by atoms with Crippen molar-refractivity contribution in [1.29, 1.82) is 0 Å². The van der Waals surface area contributed by atoms with E-state index in [0.717, 1.165) is 16.6 Å². The molecule has 4 aromatic rings. The molecule has 0 aliphatic rings. The van der Waals surface area contributed by atoms with Crippen molar-refractivity contribution in [3.05, 3.63) is 60.9 Å². The minimum Gasteiger partial charge on any atom is -0.333 e. The Morgan fingerprint density at radius 1 is 1.09 bits per heavy atom. The molecule has 108 valence electrons. The SMILES string of the molecule is c1cnc(On2nnc3ccc(Cn4ccnc4)cc32)nc1. The summed E-state index contributed by atoms with van der Waals surface area (Å²) >= 11 is 0. The Bertz CT molecular complexity index is 886. The summed E-state index contributed by atoms with van der Waals surface area (Å²) in [6.45, 7) is 0.711. The lowest BCUT2D eigenvalue weighted by molar-refractivity contribution is 0.166. The lowest BCUT2D eigenvalue weighted by Gasteiger charge is -2.04. The second-order valence-electron chi connectivity index (χ2n) is 4.64. The van der Waals surface area contributed by atoms with Crippen LogP contribution < -0.4 is 4.84 Å². The molecule has 3 aromatic heterocycles. The topological polar surface area (TPSA) is 83.5 Å². The lowest BCUT2D eigenvalue weighted by Crippen LogP contribution is -2.09. The quantitative estimate of drug-likeness (QED) is 0.564. The predicted octanol–water partition coefficient (Wildman–Crippen LogP) is 1.31. The van der Waals surface area contributed by atoms with E-state index in [1.807, 2.05) is 29.0 Å². The van der Waals surface area contributed by atoms with Gasteiger partial charge in [0.25, 0.3) is 0 Å². The molecule has 0 spiro atoms. The van der Waals surface area contributed by atoms with Crippen LogP contribution in [0.3, 0.4) is 0 Å². The van der Waals surface area contributed by atoms with E-state index in [9.17, 15) is 0 Å². The fraction of sp³-hybridized carbons (Fsp3) is 0.0714. The van der Waals surface area contributed by atoms with Gasteiger partial charge in [0.15, 0.2) is 0 Å². The van der Waals surface area contributed by atoms with E-state index < -0.39 is 0 Å². The van der Waals surface area contributed by atoms with Crippen molar-refractivity contribution < 1.29 is 4.84 Å². The van der Waals surface area contributed by atoms with Gasteiger partial charge >= 0.3 is 6.01 Å². The monoisotopic (exact) mass is 293 g/mol. The van der Waals surface area contributed by atoms with Crippen molar-refractivity contribution in [2.75, 3.05) is 0 Å². The Kier molecular flexibility index (Phi) is 2.97. The number of fused-ring (bicyclic) bond motifs is 1. The number of nitrogens with zero attached hydrogens (tertiary/aromatic N) is 7. The molecule has 1 aromatic carbocycles. The fourth-order valence-corrected chi connectivity index (χ4v) is 2.11. The Hall–Kier alpha value is -3.29. The molecule has 0 radical (unpaired) electrons. The first kappa shape index (κ1) is 12.5. The Labute approximate surface area is 125 Å². The fourth-order valence-electron chi connectivity index (χ4n) is 2.11. The smallest absolute Gasteiger partial charge is 0.333 e. The zero-order valence-electron chi connectivity index (χ0n) is 11.4. The van der Waals surface area contributed by atoms with E-state index in [1.165, 1.54) is 4.85 Å². The second-order valence-corrected chi connectivity index (χ2v) is 4.64. The third-order valence-corrected chi connectivity index (χ3v) is 3.11. The summed E-state index contributed by atoms with van der Waals surface area (Å²) < 4.78 is 1.98. The van der Waals surface area contributed by atoms with Gasteiger partial charge < -0.3 is 9.40 Å². The van der Waals surface area contributed by atoms with Crippen LogP contribution in [0.1, 0.15) is 5.56 Å². The van der Waals surface area contributed by atoms with Gasteiger partial charge in [-0.15, -0.1) is 5.10 Å². The number of hydrogen-bond acceptors (Lipinski definition) is 6. The molecule has 0 atom stereocenters. The van der Waals surface area contributed by atoms with Gasteiger partial charge in [0, 0.05) is 31.3 Å². The molecule has 0 saturated heterocycles. The molecule has 0 aliphatic heterocycles. The van der Waals surface area contributed by atoms with Gasteiger partial charge in [-0.25, -0.2) is 15.0 Å². The number of hydrogen-bond donors (Lipinski definition) is 0. The molecule has 0 fully saturated rings. The van der Waals surface area contributed by atoms with E-state index in [1.54, 1.807) is 31.0 Å². The highest BCUT2D eigenvalue weighted by Gasteiger charge is 2.08. The van der Waals surface area contributed by atoms with E-state index in [-0.39, 0.29) is 6.01 Å². The van der Waals surface area contributed by atoms with Crippen molar-refractivity contribution in [3.63, 3.8) is 0 Å². The first-order chi connectivity index (χ1) is 10.9. The third-order valence-electron chi connectivity index (χ3n) is 3.11. The Morgan fingerprint density at radius 3 is 2.82 bits per heavy atom. The number of rotatable bonds is 4. The largest absolute Gasteiger partial charge is 0.345 e. The number of aromatic nitrogens is 7. The molecule has 0 amide bonds. The molecule has 0 aliphatic carbocycles. The summed E-state index contributed by atoms with van der Waals surface area (Å²) in [6, 6.07) is 7.81. The molecular formula is C14H11N7O. The highest BCUT2D eigenvalue weighted by atomic mass is 16.7. The van der Waals surface area contributed by atoms with Gasteiger partial charge in [0.2, 0.25) is 0 Å². The lowest BCUT2D eigenvalue weighted by atomic mass is 10.2. The molecule has 3 heterocycles. The number of imidazole rings is 1. The van der Waals surface area contributed by atoms with Gasteiger partial charge in [-0.1, -0.05) is 10.9 Å². The summed E-state index contributed by atoms with van der Waals surface area (Å²) in [6.07, 6.45) is 8.64. The van der Waals surface area contributed by atoms with Gasteiger partial charge in [-0.2, -0.15) is 0 Å². The standard InChI is InChI=1S/C14H11N7O/c1-4-16-14(17-5-1)22-21-13-8-11(2-3-12(13)18-19-21)9-20-7-6-15-10-20/h1-8,10H,9H2. The van der Waals surface area contributed by atoms with E-state index in [0.29, 0.717) is 6.54 Å². The maximum Gasteiger partial charge on any atom is 0.345 e. The van der Waals surface area contributed by atoms with Crippen LogP contribution in [0.2, 0.25) is 0 Å². The van der Waals surface area contributed by atoms with Crippen LogP contribution in [0.4, 0.5) is 0 Å². The van der Waals surface area contributed by atoms with Crippen molar-refractivity contribution in [2.24, 2.45) is 0 Å². The maximum absolute atomic E-state index is 5.52. The van der Waals surface area contributed by atoms with Crippen molar-refractivity contribution in [2.45, 2.75) is 6.54 Å². The summed E-state index contributed by atoms with van der Waals surface area (Å²) in [5, 5.41) is 8.04. The maximum atomic E-state index is 5.52. The predicted molar refractivity (Wildman–Crippen MR) is 76.9 cm³/mol. The van der Waals surface area contributed by atoms with Gasteiger partial charge in [-0.3, -0.25) is 0 Å². The Morgan fingerprint density at radius 2 is 2.00 bits per heavy atom. The zero-order valence-corrected chi connectivity index (χ0v) is 11.4. The first-order valence-corrected chi connectivity index (χ1v) is 6.64. The second kappa shape index (κ2) is 5.24. The number of benzene rings is 1. The highest BCUT2D eigenvalue weighted by Crippen LogP contribution is 2.15. The van der Waals surface area contributed by atoms with Crippen LogP contribution in [-0.2, 0) is 6.54 Å². The molecule has 22 heavy (non-hydrogen) atoms. The minimum atomic E-state index is 0.217. The minimum absolute atomic E-state index is 0.217. The molecule has 8 heteroatoms. The summed E-state index contributed by atoms with van der Waals surface area (Å²) in [4.78, 5) is 18.9. The van der Waals surface area contributed by atoms with E-state index >= 15 is 0 Å². The molecule has 0 unspecified atom stereocenters. The summed E-state index contributed by atoms with van der Waals surface area (Å²) in [5.74, 6) is 0. The van der Waals surface area contributed by atoms with Gasteiger partial charge in [0.1, 0.15) is 11.0 Å². The van der Waals surface area contributed by atoms with Crippen LogP contribution >= 0.6 is 0 Å². The van der Waals surface area contributed by atoms with Crippen LogP contribution in [0, 0.1) is 0 Å². The average Bonchev–Trinajstić information content (AvgIpc) is 3.19. The molecule has 0 bridgehead atoms. The van der Waals surface area contributed by atoms with Gasteiger partial charge in [-0.05, 0) is 29.0 Å².